The van der Waals surface area contributed by atoms with Gasteiger partial charge in [-0.05, 0) is 18.1 Å². The van der Waals surface area contributed by atoms with Crippen LogP contribution in [0.25, 0.3) is 0 Å². The van der Waals surface area contributed by atoms with Gasteiger partial charge in [-0.2, -0.15) is 21.6 Å². The van der Waals surface area contributed by atoms with Crippen molar-refractivity contribution >= 4 is 10.1 Å². The van der Waals surface area contributed by atoms with Gasteiger partial charge in [-0.15, -0.1) is 0 Å². The van der Waals surface area contributed by atoms with Crippen LogP contribution in [0.3, 0.4) is 0 Å². The molecule has 1 rings (SSSR count). The van der Waals surface area contributed by atoms with E-state index in [2.05, 4.69) is 0 Å². The summed E-state index contributed by atoms with van der Waals surface area (Å²) in [5.74, 6) is 0. The summed E-state index contributed by atoms with van der Waals surface area (Å²) in [5, 5.41) is -1.33. The lowest BCUT2D eigenvalue weighted by Gasteiger charge is -2.14. The summed E-state index contributed by atoms with van der Waals surface area (Å²) in [6.07, 6.45) is -4.53. The van der Waals surface area contributed by atoms with Crippen LogP contribution >= 0.6 is 0 Å². The van der Waals surface area contributed by atoms with Crippen LogP contribution in [0.4, 0.5) is 13.2 Å². The summed E-state index contributed by atoms with van der Waals surface area (Å²) in [6, 6.07) is 3.95. The van der Waals surface area contributed by atoms with Crippen molar-refractivity contribution < 1.29 is 26.1 Å². The summed E-state index contributed by atoms with van der Waals surface area (Å²) in [6.45, 7) is 1.47. The van der Waals surface area contributed by atoms with Crippen molar-refractivity contribution in [3.05, 3.63) is 35.4 Å². The Hall–Kier alpha value is -1.08. The molecular weight excluding hydrogens is 257 g/mol. The SMILES string of the molecule is CCC(c1cccc(C(F)(F)F)c1)S(=O)(=O)O. The van der Waals surface area contributed by atoms with Gasteiger partial charge >= 0.3 is 6.18 Å². The van der Waals surface area contributed by atoms with Gasteiger partial charge in [0.2, 0.25) is 0 Å². The van der Waals surface area contributed by atoms with Crippen molar-refractivity contribution in [3.8, 4) is 0 Å². The van der Waals surface area contributed by atoms with Crippen LogP contribution in [0, 0.1) is 0 Å². The molecule has 1 aromatic rings. The van der Waals surface area contributed by atoms with Crippen molar-refractivity contribution in [1.82, 2.24) is 0 Å². The zero-order valence-corrected chi connectivity index (χ0v) is 9.72. The predicted molar refractivity (Wildman–Crippen MR) is 56.0 cm³/mol. The van der Waals surface area contributed by atoms with E-state index in [4.69, 9.17) is 4.55 Å². The van der Waals surface area contributed by atoms with Gasteiger partial charge in [0.25, 0.3) is 10.1 Å². The Kier molecular flexibility index (Phi) is 3.83. The van der Waals surface area contributed by atoms with Crippen LogP contribution in [0.5, 0.6) is 0 Å². The third kappa shape index (κ3) is 3.44. The van der Waals surface area contributed by atoms with E-state index in [1.54, 1.807) is 0 Å². The zero-order valence-electron chi connectivity index (χ0n) is 8.90. The summed E-state index contributed by atoms with van der Waals surface area (Å²) < 4.78 is 68.2. The van der Waals surface area contributed by atoms with E-state index in [9.17, 15) is 21.6 Å². The van der Waals surface area contributed by atoms with Crippen LogP contribution in [0.2, 0.25) is 0 Å². The van der Waals surface area contributed by atoms with Crippen molar-refractivity contribution in [2.24, 2.45) is 0 Å². The molecule has 0 aliphatic rings. The minimum absolute atomic E-state index is 0.000143. The Morgan fingerprint density at radius 3 is 2.35 bits per heavy atom. The topological polar surface area (TPSA) is 54.4 Å². The highest BCUT2D eigenvalue weighted by molar-refractivity contribution is 7.86. The van der Waals surface area contributed by atoms with Crippen LogP contribution < -0.4 is 0 Å². The second-order valence-electron chi connectivity index (χ2n) is 3.54. The fourth-order valence-electron chi connectivity index (χ4n) is 1.53. The second-order valence-corrected chi connectivity index (χ2v) is 5.13. The Bertz CT molecular complexity index is 494. The average Bonchev–Trinajstić information content (AvgIpc) is 2.15. The minimum Gasteiger partial charge on any atom is -0.285 e. The number of benzene rings is 1. The van der Waals surface area contributed by atoms with Crippen LogP contribution in [0.15, 0.2) is 24.3 Å². The number of halogens is 3. The first-order valence-electron chi connectivity index (χ1n) is 4.79. The van der Waals surface area contributed by atoms with Gasteiger partial charge in [0.15, 0.2) is 0 Å². The van der Waals surface area contributed by atoms with E-state index in [-0.39, 0.29) is 12.0 Å². The van der Waals surface area contributed by atoms with Gasteiger partial charge in [0.05, 0.1) is 5.56 Å². The first-order valence-corrected chi connectivity index (χ1v) is 6.30. The smallest absolute Gasteiger partial charge is 0.285 e. The highest BCUT2D eigenvalue weighted by Crippen LogP contribution is 2.33. The van der Waals surface area contributed by atoms with Crippen LogP contribution in [-0.4, -0.2) is 13.0 Å². The standard InChI is InChI=1S/C10H11F3O3S/c1-2-9(17(14,15)16)7-4-3-5-8(6-7)10(11,12)13/h3-6,9H,2H2,1H3,(H,14,15,16). The first kappa shape index (κ1) is 14.0. The molecule has 0 bridgehead atoms. The maximum absolute atomic E-state index is 12.4. The average molecular weight is 268 g/mol. The van der Waals surface area contributed by atoms with E-state index < -0.39 is 27.1 Å². The van der Waals surface area contributed by atoms with Crippen LogP contribution in [-0.2, 0) is 16.3 Å². The molecule has 1 aromatic carbocycles. The molecule has 0 saturated heterocycles. The molecule has 1 N–H and O–H groups in total. The number of hydrogen-bond acceptors (Lipinski definition) is 2. The van der Waals surface area contributed by atoms with E-state index >= 15 is 0 Å². The lowest BCUT2D eigenvalue weighted by molar-refractivity contribution is -0.137. The molecule has 96 valence electrons. The number of rotatable bonds is 3. The summed E-state index contributed by atoms with van der Waals surface area (Å²) in [7, 11) is -4.40. The monoisotopic (exact) mass is 268 g/mol. The summed E-state index contributed by atoms with van der Waals surface area (Å²) in [4.78, 5) is 0. The van der Waals surface area contributed by atoms with Crippen molar-refractivity contribution in [3.63, 3.8) is 0 Å². The highest BCUT2D eigenvalue weighted by atomic mass is 32.2. The molecule has 0 radical (unpaired) electrons. The zero-order chi connectivity index (χ0) is 13.3. The molecular formula is C10H11F3O3S. The first-order chi connectivity index (χ1) is 7.66. The molecule has 7 heteroatoms. The quantitative estimate of drug-likeness (QED) is 0.857. The molecule has 0 aliphatic heterocycles. The Labute approximate surface area is 97.0 Å². The lowest BCUT2D eigenvalue weighted by atomic mass is 10.1. The minimum atomic E-state index is -4.53. The fourth-order valence-corrected chi connectivity index (χ4v) is 2.45. The molecule has 0 fully saturated rings. The molecule has 1 atom stereocenters. The van der Waals surface area contributed by atoms with E-state index in [1.165, 1.54) is 13.0 Å². The van der Waals surface area contributed by atoms with Gasteiger partial charge < -0.3 is 0 Å². The molecule has 0 saturated carbocycles. The molecule has 1 unspecified atom stereocenters. The van der Waals surface area contributed by atoms with E-state index in [0.29, 0.717) is 0 Å². The molecule has 3 nitrogen and oxygen atoms in total. The van der Waals surface area contributed by atoms with Gasteiger partial charge in [0.1, 0.15) is 5.25 Å². The molecule has 0 spiro atoms. The number of hydrogen-bond donors (Lipinski definition) is 1. The summed E-state index contributed by atoms with van der Waals surface area (Å²) >= 11 is 0. The van der Waals surface area contributed by atoms with Crippen molar-refractivity contribution in [1.29, 1.82) is 0 Å². The predicted octanol–water partition coefficient (Wildman–Crippen LogP) is 3.04. The maximum atomic E-state index is 12.4. The summed E-state index contributed by atoms with van der Waals surface area (Å²) in [5.41, 5.74) is -0.998. The van der Waals surface area contributed by atoms with Crippen LogP contribution in [0.1, 0.15) is 29.7 Å². The fraction of sp³-hybridized carbons (Fsp3) is 0.400. The van der Waals surface area contributed by atoms with Gasteiger partial charge in [-0.25, -0.2) is 0 Å². The van der Waals surface area contributed by atoms with E-state index in [0.717, 1.165) is 18.2 Å². The Morgan fingerprint density at radius 1 is 1.35 bits per heavy atom. The molecule has 0 heterocycles. The molecule has 0 amide bonds. The highest BCUT2D eigenvalue weighted by Gasteiger charge is 2.32. The maximum Gasteiger partial charge on any atom is 0.416 e. The van der Waals surface area contributed by atoms with E-state index in [1.807, 2.05) is 0 Å². The third-order valence-corrected chi connectivity index (χ3v) is 3.64. The second kappa shape index (κ2) is 4.66. The molecule has 0 aromatic heterocycles. The Balaban J connectivity index is 3.24. The molecule has 0 aliphatic carbocycles. The van der Waals surface area contributed by atoms with Gasteiger partial charge in [-0.1, -0.05) is 25.1 Å². The third-order valence-electron chi connectivity index (χ3n) is 2.32. The van der Waals surface area contributed by atoms with Crippen molar-refractivity contribution in [2.75, 3.05) is 0 Å². The van der Waals surface area contributed by atoms with Gasteiger partial charge in [0, 0.05) is 0 Å². The van der Waals surface area contributed by atoms with Crippen molar-refractivity contribution in [2.45, 2.75) is 24.8 Å². The molecule has 17 heavy (non-hydrogen) atoms. The number of alkyl halides is 3. The lowest BCUT2D eigenvalue weighted by Crippen LogP contribution is -2.13. The normalized spacial score (nSPS) is 14.6. The Morgan fingerprint density at radius 2 is 1.94 bits per heavy atom. The van der Waals surface area contributed by atoms with Gasteiger partial charge in [-0.3, -0.25) is 4.55 Å². The largest absolute Gasteiger partial charge is 0.416 e.